The van der Waals surface area contributed by atoms with Gasteiger partial charge in [-0.15, -0.1) is 0 Å². The number of hydrogen-bond acceptors (Lipinski definition) is 4. The van der Waals surface area contributed by atoms with Crippen LogP contribution >= 0.6 is 0 Å². The molecule has 0 heterocycles. The van der Waals surface area contributed by atoms with E-state index in [1.807, 2.05) is 0 Å². The Morgan fingerprint density at radius 2 is 1.29 bits per heavy atom. The molecule has 17 heavy (non-hydrogen) atoms. The van der Waals surface area contributed by atoms with Gasteiger partial charge in [0.15, 0.2) is 0 Å². The number of nitrogens with two attached hydrogens (primary N) is 2. The van der Waals surface area contributed by atoms with E-state index in [0.717, 1.165) is 10.6 Å². The van der Waals surface area contributed by atoms with Crippen molar-refractivity contribution in [2.24, 2.45) is 23.3 Å². The van der Waals surface area contributed by atoms with Gasteiger partial charge in [0.05, 0.1) is 0 Å². The quantitative estimate of drug-likeness (QED) is 0.408. The van der Waals surface area contributed by atoms with E-state index in [1.165, 1.54) is 0 Å². The zero-order valence-electron chi connectivity index (χ0n) is 9.67. The molecule has 0 aromatic carbocycles. The second-order valence-corrected chi connectivity index (χ2v) is 6.19. The average Bonchev–Trinajstić information content (AvgIpc) is 2.25. The number of rotatable bonds is 10. The van der Waals surface area contributed by atoms with Gasteiger partial charge in [-0.1, -0.05) is 0 Å². The van der Waals surface area contributed by atoms with Crippen molar-refractivity contribution in [1.29, 1.82) is 0 Å². The summed E-state index contributed by atoms with van der Waals surface area (Å²) in [6.07, 6.45) is 0.176. The van der Waals surface area contributed by atoms with Crippen LogP contribution < -0.4 is 11.5 Å². The summed E-state index contributed by atoms with van der Waals surface area (Å²) in [5, 5.41) is 18.8. The maximum atomic E-state index is 10.5. The molecular formula is C10H20N2O4Se. The minimum absolute atomic E-state index is 0.00393. The van der Waals surface area contributed by atoms with Crippen LogP contribution in [0.15, 0.2) is 0 Å². The number of aliphatic carboxylic acids is 2. The summed E-state index contributed by atoms with van der Waals surface area (Å²) in [5.41, 5.74) is 11.0. The van der Waals surface area contributed by atoms with Gasteiger partial charge in [0.1, 0.15) is 0 Å². The predicted molar refractivity (Wildman–Crippen MR) is 65.0 cm³/mol. The number of carbonyl (C=O) groups is 2. The van der Waals surface area contributed by atoms with Crippen molar-refractivity contribution in [3.05, 3.63) is 0 Å². The summed E-state index contributed by atoms with van der Waals surface area (Å²) in [6.45, 7) is 0.723. The summed E-state index contributed by atoms with van der Waals surface area (Å²) in [5.74, 6) is -1.68. The molecule has 0 aromatic heterocycles. The van der Waals surface area contributed by atoms with Crippen molar-refractivity contribution in [2.75, 3.05) is 13.1 Å². The molecule has 2 atom stereocenters. The van der Waals surface area contributed by atoms with Gasteiger partial charge < -0.3 is 0 Å². The van der Waals surface area contributed by atoms with Crippen molar-refractivity contribution < 1.29 is 19.8 Å². The zero-order valence-corrected chi connectivity index (χ0v) is 11.4. The first kappa shape index (κ1) is 16.4. The summed E-state index contributed by atoms with van der Waals surface area (Å²) < 4.78 is 0. The van der Waals surface area contributed by atoms with Crippen LogP contribution in [0.3, 0.4) is 0 Å². The second kappa shape index (κ2) is 9.41. The van der Waals surface area contributed by atoms with E-state index >= 15 is 0 Å². The molecular weight excluding hydrogens is 291 g/mol. The Bertz CT molecular complexity index is 226. The van der Waals surface area contributed by atoms with Crippen molar-refractivity contribution in [3.63, 3.8) is 0 Å². The van der Waals surface area contributed by atoms with Gasteiger partial charge in [-0.2, -0.15) is 0 Å². The van der Waals surface area contributed by atoms with E-state index in [9.17, 15) is 9.59 Å². The fourth-order valence-electron chi connectivity index (χ4n) is 1.32. The molecule has 0 fully saturated rings. The molecule has 6 N–H and O–H groups in total. The molecule has 6 nitrogen and oxygen atoms in total. The Balaban J connectivity index is 3.84. The summed E-state index contributed by atoms with van der Waals surface area (Å²) in [6, 6.07) is 0. The molecule has 0 spiro atoms. The standard InChI is InChI=1S/C10H20N2O4Se/c11-3-7(1-9(13)14)5-17-6-8(4-12)2-10(15)16/h7-8H,1-6,11-12H2,(H,13,14)(H,15,16). The van der Waals surface area contributed by atoms with Gasteiger partial charge in [0.2, 0.25) is 0 Å². The van der Waals surface area contributed by atoms with Gasteiger partial charge in [-0.25, -0.2) is 0 Å². The van der Waals surface area contributed by atoms with Crippen molar-refractivity contribution in [2.45, 2.75) is 23.5 Å². The first-order chi connectivity index (χ1) is 7.99. The SMILES string of the molecule is NCC(C[Se]CC(CN)CC(=O)O)CC(=O)O. The van der Waals surface area contributed by atoms with Gasteiger partial charge in [-0.3, -0.25) is 0 Å². The molecule has 0 saturated carbocycles. The van der Waals surface area contributed by atoms with E-state index in [4.69, 9.17) is 21.7 Å². The average molecular weight is 311 g/mol. The van der Waals surface area contributed by atoms with E-state index in [1.54, 1.807) is 0 Å². The Morgan fingerprint density at radius 3 is 1.53 bits per heavy atom. The maximum absolute atomic E-state index is 10.5. The second-order valence-electron chi connectivity index (χ2n) is 3.94. The Morgan fingerprint density at radius 1 is 0.941 bits per heavy atom. The van der Waals surface area contributed by atoms with Crippen LogP contribution in [0, 0.1) is 11.8 Å². The fourth-order valence-corrected chi connectivity index (χ4v) is 4.07. The van der Waals surface area contributed by atoms with Crippen LogP contribution in [0.1, 0.15) is 12.8 Å². The van der Waals surface area contributed by atoms with Crippen molar-refractivity contribution in [3.8, 4) is 0 Å². The molecule has 100 valence electrons. The third-order valence-corrected chi connectivity index (χ3v) is 5.27. The van der Waals surface area contributed by atoms with Gasteiger partial charge in [-0.05, 0) is 0 Å². The molecule has 0 aliphatic rings. The normalized spacial score (nSPS) is 14.2. The van der Waals surface area contributed by atoms with Crippen LogP contribution in [-0.2, 0) is 9.59 Å². The number of carboxylic acid groups (broad SMARTS) is 2. The molecule has 0 aliphatic heterocycles. The minimum atomic E-state index is -0.836. The predicted octanol–water partition coefficient (Wildman–Crippen LogP) is -0.374. The van der Waals surface area contributed by atoms with Crippen LogP contribution in [-0.4, -0.2) is 50.2 Å². The van der Waals surface area contributed by atoms with Crippen LogP contribution in [0.2, 0.25) is 10.6 Å². The molecule has 0 aliphatic carbocycles. The zero-order chi connectivity index (χ0) is 13.3. The monoisotopic (exact) mass is 312 g/mol. The van der Waals surface area contributed by atoms with Crippen molar-refractivity contribution >= 4 is 26.9 Å². The third-order valence-electron chi connectivity index (χ3n) is 2.30. The fraction of sp³-hybridized carbons (Fsp3) is 0.800. The van der Waals surface area contributed by atoms with E-state index in [-0.39, 0.29) is 39.6 Å². The Hall–Kier alpha value is -0.621. The van der Waals surface area contributed by atoms with Crippen LogP contribution in [0.25, 0.3) is 0 Å². The third kappa shape index (κ3) is 9.11. The molecule has 0 saturated heterocycles. The number of hydrogen-bond donors (Lipinski definition) is 4. The van der Waals surface area contributed by atoms with Crippen LogP contribution in [0.5, 0.6) is 0 Å². The molecule has 2 unspecified atom stereocenters. The number of carboxylic acids is 2. The van der Waals surface area contributed by atoms with Gasteiger partial charge in [0, 0.05) is 0 Å². The van der Waals surface area contributed by atoms with E-state index < -0.39 is 11.9 Å². The van der Waals surface area contributed by atoms with E-state index in [0.29, 0.717) is 13.1 Å². The summed E-state index contributed by atoms with van der Waals surface area (Å²) in [4.78, 5) is 21.0. The molecule has 0 amide bonds. The molecule has 0 bridgehead atoms. The molecule has 0 radical (unpaired) electrons. The van der Waals surface area contributed by atoms with Crippen molar-refractivity contribution in [1.82, 2.24) is 0 Å². The summed E-state index contributed by atoms with van der Waals surface area (Å²) in [7, 11) is 0. The topological polar surface area (TPSA) is 127 Å². The first-order valence-electron chi connectivity index (χ1n) is 5.41. The van der Waals surface area contributed by atoms with E-state index in [2.05, 4.69) is 0 Å². The molecule has 0 rings (SSSR count). The van der Waals surface area contributed by atoms with Gasteiger partial charge in [0.25, 0.3) is 0 Å². The van der Waals surface area contributed by atoms with Gasteiger partial charge >= 0.3 is 107 Å². The molecule has 0 aromatic rings. The Labute approximate surface area is 107 Å². The Kier molecular flexibility index (Phi) is 9.07. The van der Waals surface area contributed by atoms with Crippen LogP contribution in [0.4, 0.5) is 0 Å². The summed E-state index contributed by atoms with van der Waals surface area (Å²) >= 11 is 0.207. The first-order valence-corrected chi connectivity index (χ1v) is 7.83. The molecule has 7 heteroatoms.